The highest BCUT2D eigenvalue weighted by Crippen LogP contribution is 2.44. The third-order valence-electron chi connectivity index (χ3n) is 6.00. The SMILES string of the molecule is CC(C)(SCc1ccccc1)C(NC(=O)OCC1c2ccccc2-c2ccccc21)C(=O)O. The molecule has 0 heterocycles. The quantitative estimate of drug-likeness (QED) is 0.451. The smallest absolute Gasteiger partial charge is 0.407 e. The summed E-state index contributed by atoms with van der Waals surface area (Å²) in [6.45, 7) is 3.79. The second kappa shape index (κ2) is 9.71. The van der Waals surface area contributed by atoms with E-state index in [4.69, 9.17) is 4.74 Å². The van der Waals surface area contributed by atoms with Crippen LogP contribution in [0.3, 0.4) is 0 Å². The summed E-state index contributed by atoms with van der Waals surface area (Å²) in [7, 11) is 0. The first kappa shape index (κ1) is 22.9. The Bertz CT molecular complexity index is 1100. The summed E-state index contributed by atoms with van der Waals surface area (Å²) in [6.07, 6.45) is -0.724. The lowest BCUT2D eigenvalue weighted by Gasteiger charge is -2.31. The summed E-state index contributed by atoms with van der Waals surface area (Å²) in [5, 5.41) is 12.4. The molecule has 0 radical (unpaired) electrons. The number of nitrogens with one attached hydrogen (secondary N) is 1. The van der Waals surface area contributed by atoms with Gasteiger partial charge in [0.05, 0.1) is 0 Å². The highest BCUT2D eigenvalue weighted by atomic mass is 32.2. The lowest BCUT2D eigenvalue weighted by Crippen LogP contribution is -2.52. The molecule has 5 nitrogen and oxygen atoms in total. The van der Waals surface area contributed by atoms with Crippen molar-refractivity contribution < 1.29 is 19.4 Å². The summed E-state index contributed by atoms with van der Waals surface area (Å²) in [6, 6.07) is 24.9. The molecule has 0 aromatic heterocycles. The van der Waals surface area contributed by atoms with Gasteiger partial charge in [-0.05, 0) is 41.7 Å². The predicted molar refractivity (Wildman–Crippen MR) is 131 cm³/mol. The Balaban J connectivity index is 1.41. The molecule has 2 N–H and O–H groups in total. The molecule has 1 amide bonds. The zero-order valence-electron chi connectivity index (χ0n) is 18.7. The Morgan fingerprint density at radius 2 is 1.48 bits per heavy atom. The molecule has 6 heteroatoms. The van der Waals surface area contributed by atoms with E-state index < -0.39 is 22.9 Å². The fourth-order valence-corrected chi connectivity index (χ4v) is 5.28. The van der Waals surface area contributed by atoms with Crippen molar-refractivity contribution in [2.45, 2.75) is 36.3 Å². The van der Waals surface area contributed by atoms with Crippen LogP contribution in [0, 0.1) is 0 Å². The van der Waals surface area contributed by atoms with Gasteiger partial charge in [0.2, 0.25) is 0 Å². The van der Waals surface area contributed by atoms with E-state index in [9.17, 15) is 14.7 Å². The van der Waals surface area contributed by atoms with Crippen LogP contribution in [0.15, 0.2) is 78.9 Å². The molecule has 170 valence electrons. The van der Waals surface area contributed by atoms with E-state index in [2.05, 4.69) is 17.4 Å². The van der Waals surface area contributed by atoms with Crippen molar-refractivity contribution in [3.05, 3.63) is 95.6 Å². The number of ether oxygens (including phenoxy) is 1. The normalized spacial score (nSPS) is 13.6. The van der Waals surface area contributed by atoms with E-state index in [1.54, 1.807) is 0 Å². The molecule has 0 saturated heterocycles. The molecule has 0 bridgehead atoms. The van der Waals surface area contributed by atoms with Crippen molar-refractivity contribution in [1.82, 2.24) is 5.32 Å². The van der Waals surface area contributed by atoms with Gasteiger partial charge in [-0.15, -0.1) is 11.8 Å². The number of carbonyl (C=O) groups excluding carboxylic acids is 1. The predicted octanol–water partition coefficient (Wildman–Crippen LogP) is 5.69. The number of carboxylic acid groups (broad SMARTS) is 1. The van der Waals surface area contributed by atoms with E-state index in [-0.39, 0.29) is 12.5 Å². The first-order chi connectivity index (χ1) is 15.9. The molecule has 1 atom stereocenters. The van der Waals surface area contributed by atoms with Crippen molar-refractivity contribution in [2.75, 3.05) is 6.61 Å². The Morgan fingerprint density at radius 3 is 2.06 bits per heavy atom. The number of hydrogen-bond donors (Lipinski definition) is 2. The molecule has 3 aromatic rings. The van der Waals surface area contributed by atoms with E-state index in [0.717, 1.165) is 27.8 Å². The van der Waals surface area contributed by atoms with Gasteiger partial charge in [-0.1, -0.05) is 78.9 Å². The minimum absolute atomic E-state index is 0.0770. The van der Waals surface area contributed by atoms with Gasteiger partial charge in [0.25, 0.3) is 0 Å². The highest BCUT2D eigenvalue weighted by Gasteiger charge is 2.38. The number of thioether (sulfide) groups is 1. The topological polar surface area (TPSA) is 75.6 Å². The second-order valence-electron chi connectivity index (χ2n) is 8.62. The van der Waals surface area contributed by atoms with Gasteiger partial charge in [0, 0.05) is 16.4 Å². The lowest BCUT2D eigenvalue weighted by molar-refractivity contribution is -0.140. The molecule has 3 aromatic carbocycles. The number of aliphatic carboxylic acids is 1. The number of fused-ring (bicyclic) bond motifs is 3. The number of carboxylic acids is 1. The van der Waals surface area contributed by atoms with Gasteiger partial charge in [-0.2, -0.15) is 0 Å². The molecule has 0 aliphatic heterocycles. The number of hydrogen-bond acceptors (Lipinski definition) is 4. The van der Waals surface area contributed by atoms with Crippen molar-refractivity contribution in [1.29, 1.82) is 0 Å². The van der Waals surface area contributed by atoms with Crippen LogP contribution >= 0.6 is 11.8 Å². The molecule has 1 aliphatic carbocycles. The Kier molecular flexibility index (Phi) is 6.75. The van der Waals surface area contributed by atoms with E-state index in [0.29, 0.717) is 5.75 Å². The summed E-state index contributed by atoms with van der Waals surface area (Å²) >= 11 is 1.48. The number of carbonyl (C=O) groups is 2. The number of rotatable bonds is 8. The van der Waals surface area contributed by atoms with Crippen LogP contribution in [0.5, 0.6) is 0 Å². The largest absolute Gasteiger partial charge is 0.480 e. The fraction of sp³-hybridized carbons (Fsp3) is 0.259. The maximum Gasteiger partial charge on any atom is 0.407 e. The van der Waals surface area contributed by atoms with E-state index >= 15 is 0 Å². The minimum Gasteiger partial charge on any atom is -0.480 e. The van der Waals surface area contributed by atoms with Gasteiger partial charge in [0.15, 0.2) is 0 Å². The highest BCUT2D eigenvalue weighted by molar-refractivity contribution is 7.99. The number of alkyl carbamates (subject to hydrolysis) is 1. The summed E-state index contributed by atoms with van der Waals surface area (Å²) in [4.78, 5) is 24.7. The first-order valence-electron chi connectivity index (χ1n) is 10.9. The van der Waals surface area contributed by atoms with Gasteiger partial charge in [-0.25, -0.2) is 9.59 Å². The molecule has 0 spiro atoms. The lowest BCUT2D eigenvalue weighted by atomic mass is 9.98. The van der Waals surface area contributed by atoms with Crippen molar-refractivity contribution in [3.8, 4) is 11.1 Å². The van der Waals surface area contributed by atoms with Crippen molar-refractivity contribution in [3.63, 3.8) is 0 Å². The molecular formula is C27H27NO4S. The van der Waals surface area contributed by atoms with Crippen LogP contribution in [-0.4, -0.2) is 34.6 Å². The maximum atomic E-state index is 12.7. The standard InChI is InChI=1S/C27H27NO4S/c1-27(2,33-17-18-10-4-3-5-11-18)24(25(29)30)28-26(31)32-16-23-21-14-8-6-12-19(21)20-13-7-9-15-22(20)23/h3-15,23-24H,16-17H2,1-2H3,(H,28,31)(H,29,30). The molecule has 4 rings (SSSR count). The van der Waals surface area contributed by atoms with E-state index in [1.807, 2.05) is 80.6 Å². The van der Waals surface area contributed by atoms with Gasteiger partial charge >= 0.3 is 12.1 Å². The molecule has 0 fully saturated rings. The molecule has 1 unspecified atom stereocenters. The zero-order chi connectivity index (χ0) is 23.4. The molecular weight excluding hydrogens is 434 g/mol. The molecule has 33 heavy (non-hydrogen) atoms. The number of benzene rings is 3. The summed E-state index contributed by atoms with van der Waals surface area (Å²) in [5.41, 5.74) is 5.61. The second-order valence-corrected chi connectivity index (χ2v) is 10.2. The Hall–Kier alpha value is -3.25. The summed E-state index contributed by atoms with van der Waals surface area (Å²) in [5.74, 6) is -0.523. The van der Waals surface area contributed by atoms with Crippen molar-refractivity contribution >= 4 is 23.8 Å². The van der Waals surface area contributed by atoms with Crippen molar-refractivity contribution in [2.24, 2.45) is 0 Å². The average Bonchev–Trinajstić information content (AvgIpc) is 3.14. The fourth-order valence-electron chi connectivity index (χ4n) is 4.22. The third kappa shape index (κ3) is 5.06. The Morgan fingerprint density at radius 1 is 0.939 bits per heavy atom. The monoisotopic (exact) mass is 461 g/mol. The zero-order valence-corrected chi connectivity index (χ0v) is 19.5. The van der Waals surface area contributed by atoms with Crippen LogP contribution in [0.2, 0.25) is 0 Å². The third-order valence-corrected chi connectivity index (χ3v) is 7.46. The molecule has 1 aliphatic rings. The van der Waals surface area contributed by atoms with Crippen LogP contribution in [-0.2, 0) is 15.3 Å². The van der Waals surface area contributed by atoms with Crippen LogP contribution < -0.4 is 5.32 Å². The first-order valence-corrected chi connectivity index (χ1v) is 11.9. The molecule has 0 saturated carbocycles. The van der Waals surface area contributed by atoms with Crippen LogP contribution in [0.25, 0.3) is 11.1 Å². The maximum absolute atomic E-state index is 12.7. The van der Waals surface area contributed by atoms with Gasteiger partial charge in [-0.3, -0.25) is 0 Å². The average molecular weight is 462 g/mol. The van der Waals surface area contributed by atoms with Gasteiger partial charge in [0.1, 0.15) is 12.6 Å². The van der Waals surface area contributed by atoms with Crippen LogP contribution in [0.4, 0.5) is 4.79 Å². The number of amides is 1. The Labute approximate surface area is 198 Å². The summed E-state index contributed by atoms with van der Waals surface area (Å²) < 4.78 is 4.81. The minimum atomic E-state index is -1.10. The van der Waals surface area contributed by atoms with E-state index in [1.165, 1.54) is 11.8 Å². The van der Waals surface area contributed by atoms with Gasteiger partial charge < -0.3 is 15.2 Å². The van der Waals surface area contributed by atoms with Crippen LogP contribution in [0.1, 0.15) is 36.5 Å².